The molecule has 0 unspecified atom stereocenters. The fourth-order valence-corrected chi connectivity index (χ4v) is 1.17. The van der Waals surface area contributed by atoms with Gasteiger partial charge in [-0.1, -0.05) is 0 Å². The first-order valence-corrected chi connectivity index (χ1v) is 3.61. The molecule has 0 rings (SSSR count). The van der Waals surface area contributed by atoms with Crippen molar-refractivity contribution in [3.8, 4) is 0 Å². The van der Waals surface area contributed by atoms with Crippen LogP contribution in [0.3, 0.4) is 0 Å². The van der Waals surface area contributed by atoms with E-state index in [9.17, 15) is 4.79 Å². The molecule has 62 valence electrons. The molecule has 1 amide bonds. The van der Waals surface area contributed by atoms with Crippen molar-refractivity contribution >= 4 is 5.91 Å². The van der Waals surface area contributed by atoms with E-state index in [1.54, 1.807) is 4.90 Å². The standard InChI is InChI=1S/C8H16NO.Zn/c1-6(2)9(7(3)4)8(5)10;/h6-7H,5H2,1-4H3;/q-1;. The van der Waals surface area contributed by atoms with E-state index in [2.05, 4.69) is 6.92 Å². The summed E-state index contributed by atoms with van der Waals surface area (Å²) in [5.74, 6) is -0.0926. The van der Waals surface area contributed by atoms with Gasteiger partial charge in [0.2, 0.25) is 0 Å². The summed E-state index contributed by atoms with van der Waals surface area (Å²) in [6.07, 6.45) is 0. The van der Waals surface area contributed by atoms with E-state index < -0.39 is 0 Å². The van der Waals surface area contributed by atoms with Gasteiger partial charge in [-0.2, -0.15) is 0 Å². The minimum atomic E-state index is -0.0926. The van der Waals surface area contributed by atoms with Gasteiger partial charge >= 0.3 is 0 Å². The number of hydrogen-bond acceptors (Lipinski definition) is 1. The molecule has 0 aliphatic rings. The second-order valence-electron chi connectivity index (χ2n) is 2.99. The topological polar surface area (TPSA) is 20.3 Å². The molecule has 3 heteroatoms. The zero-order valence-electron chi connectivity index (χ0n) is 7.92. The molecule has 0 spiro atoms. The summed E-state index contributed by atoms with van der Waals surface area (Å²) in [7, 11) is 0. The molecule has 2 nitrogen and oxygen atoms in total. The van der Waals surface area contributed by atoms with Crippen LogP contribution in [0.4, 0.5) is 0 Å². The summed E-state index contributed by atoms with van der Waals surface area (Å²) in [5.41, 5.74) is 0. The Balaban J connectivity index is 0. The largest absolute Gasteiger partial charge is 0.363 e. The monoisotopic (exact) mass is 206 g/mol. The molecule has 0 bridgehead atoms. The molecular formula is C8H16NOZn-. The molecular weight excluding hydrogens is 191 g/mol. The first-order valence-electron chi connectivity index (χ1n) is 3.61. The van der Waals surface area contributed by atoms with Crippen LogP contribution in [0.2, 0.25) is 0 Å². The second-order valence-corrected chi connectivity index (χ2v) is 2.99. The van der Waals surface area contributed by atoms with Crippen molar-refractivity contribution in [2.75, 3.05) is 0 Å². The maximum Gasteiger partial charge on any atom is 0.0827 e. The third-order valence-electron chi connectivity index (χ3n) is 1.40. The Morgan fingerprint density at radius 3 is 1.45 bits per heavy atom. The zero-order valence-corrected chi connectivity index (χ0v) is 10.9. The molecule has 0 atom stereocenters. The van der Waals surface area contributed by atoms with Gasteiger partial charge in [-0.15, -0.1) is 0 Å². The minimum absolute atomic E-state index is 0. The Morgan fingerprint density at radius 1 is 1.18 bits per heavy atom. The first-order chi connectivity index (χ1) is 4.46. The predicted octanol–water partition coefficient (Wildman–Crippen LogP) is 1.46. The van der Waals surface area contributed by atoms with Gasteiger partial charge in [-0.25, -0.2) is 0 Å². The molecule has 0 aromatic carbocycles. The van der Waals surface area contributed by atoms with Gasteiger partial charge in [-0.05, 0) is 27.7 Å². The second kappa shape index (κ2) is 5.59. The van der Waals surface area contributed by atoms with Crippen LogP contribution >= 0.6 is 0 Å². The average molecular weight is 208 g/mol. The van der Waals surface area contributed by atoms with Crippen LogP contribution in [-0.4, -0.2) is 22.9 Å². The van der Waals surface area contributed by atoms with Crippen molar-refractivity contribution in [3.63, 3.8) is 0 Å². The van der Waals surface area contributed by atoms with Crippen LogP contribution in [-0.2, 0) is 24.3 Å². The van der Waals surface area contributed by atoms with Crippen LogP contribution < -0.4 is 0 Å². The summed E-state index contributed by atoms with van der Waals surface area (Å²) in [6.45, 7) is 11.3. The van der Waals surface area contributed by atoms with E-state index in [4.69, 9.17) is 0 Å². The molecule has 0 saturated heterocycles. The van der Waals surface area contributed by atoms with E-state index in [0.29, 0.717) is 0 Å². The average Bonchev–Trinajstić information content (AvgIpc) is 1.59. The SMILES string of the molecule is [CH2-]C(=O)N(C(C)C)C(C)C.[Zn]. The fourth-order valence-electron chi connectivity index (χ4n) is 1.17. The van der Waals surface area contributed by atoms with Crippen LogP contribution in [0, 0.1) is 6.92 Å². The van der Waals surface area contributed by atoms with E-state index >= 15 is 0 Å². The maximum absolute atomic E-state index is 10.8. The van der Waals surface area contributed by atoms with E-state index in [-0.39, 0.29) is 37.5 Å². The van der Waals surface area contributed by atoms with Crippen molar-refractivity contribution in [1.29, 1.82) is 0 Å². The van der Waals surface area contributed by atoms with Gasteiger partial charge in [0.25, 0.3) is 0 Å². The van der Waals surface area contributed by atoms with Gasteiger partial charge in [0.1, 0.15) is 0 Å². The summed E-state index contributed by atoms with van der Waals surface area (Å²) >= 11 is 0. The van der Waals surface area contributed by atoms with Gasteiger partial charge in [0.15, 0.2) is 0 Å². The molecule has 0 radical (unpaired) electrons. The smallest absolute Gasteiger partial charge is 0.0827 e. The Bertz CT molecular complexity index is 115. The fraction of sp³-hybridized carbons (Fsp3) is 0.750. The Kier molecular flexibility index (Phi) is 6.89. The van der Waals surface area contributed by atoms with Gasteiger partial charge < -0.3 is 16.6 Å². The number of carbonyl (C=O) groups excluding carboxylic acids is 1. The Labute approximate surface area is 82.1 Å². The van der Waals surface area contributed by atoms with Gasteiger partial charge in [-0.3, -0.25) is 0 Å². The van der Waals surface area contributed by atoms with Crippen LogP contribution in [0.5, 0.6) is 0 Å². The van der Waals surface area contributed by atoms with Crippen molar-refractivity contribution in [2.45, 2.75) is 39.8 Å². The van der Waals surface area contributed by atoms with Crippen molar-refractivity contribution in [1.82, 2.24) is 4.90 Å². The van der Waals surface area contributed by atoms with Crippen LogP contribution in [0.1, 0.15) is 27.7 Å². The Morgan fingerprint density at radius 2 is 1.45 bits per heavy atom. The van der Waals surface area contributed by atoms with Crippen molar-refractivity contribution in [2.24, 2.45) is 0 Å². The molecule has 0 aliphatic carbocycles. The molecule has 0 heterocycles. The third kappa shape index (κ3) is 4.41. The summed E-state index contributed by atoms with van der Waals surface area (Å²) < 4.78 is 0. The normalized spacial score (nSPS) is 9.64. The number of nitrogens with zero attached hydrogens (tertiary/aromatic N) is 1. The molecule has 0 N–H and O–H groups in total. The van der Waals surface area contributed by atoms with E-state index in [0.717, 1.165) is 0 Å². The maximum atomic E-state index is 10.8. The van der Waals surface area contributed by atoms with E-state index in [1.807, 2.05) is 27.7 Å². The van der Waals surface area contributed by atoms with Gasteiger partial charge in [0.05, 0.1) is 5.91 Å². The molecule has 11 heavy (non-hydrogen) atoms. The molecule has 0 aromatic rings. The Hall–Kier alpha value is -0.0366. The molecule has 0 saturated carbocycles. The van der Waals surface area contributed by atoms with Crippen LogP contribution in [0.15, 0.2) is 0 Å². The summed E-state index contributed by atoms with van der Waals surface area (Å²) in [4.78, 5) is 12.6. The number of hydrogen-bond donors (Lipinski definition) is 0. The number of amides is 1. The molecule has 0 fully saturated rings. The third-order valence-corrected chi connectivity index (χ3v) is 1.40. The first kappa shape index (κ1) is 13.5. The predicted molar refractivity (Wildman–Crippen MR) is 42.5 cm³/mol. The number of rotatable bonds is 2. The van der Waals surface area contributed by atoms with E-state index in [1.165, 1.54) is 0 Å². The van der Waals surface area contributed by atoms with Crippen LogP contribution in [0.25, 0.3) is 0 Å². The minimum Gasteiger partial charge on any atom is -0.363 e. The number of carbonyl (C=O) groups is 1. The zero-order chi connectivity index (χ0) is 8.31. The quantitative estimate of drug-likeness (QED) is 0.496. The van der Waals surface area contributed by atoms with Gasteiger partial charge in [0, 0.05) is 31.6 Å². The van der Waals surface area contributed by atoms with Crippen molar-refractivity contribution in [3.05, 3.63) is 6.92 Å². The summed E-state index contributed by atoms with van der Waals surface area (Å²) in [5, 5.41) is 0. The molecule has 0 aromatic heterocycles. The van der Waals surface area contributed by atoms with Crippen molar-refractivity contribution < 1.29 is 24.3 Å². The molecule has 0 aliphatic heterocycles. The summed E-state index contributed by atoms with van der Waals surface area (Å²) in [6, 6.07) is 0.509.